The van der Waals surface area contributed by atoms with Crippen molar-refractivity contribution in [1.29, 1.82) is 0 Å². The molecule has 102 valence electrons. The van der Waals surface area contributed by atoms with Crippen LogP contribution in [0.15, 0.2) is 4.52 Å². The molecule has 1 N–H and O–H groups in total. The number of hydrogen-bond acceptors (Lipinski definition) is 6. The molecule has 1 unspecified atom stereocenters. The fourth-order valence-electron chi connectivity index (χ4n) is 2.03. The molecule has 0 spiro atoms. The van der Waals surface area contributed by atoms with E-state index in [-0.39, 0.29) is 6.04 Å². The maximum atomic E-state index is 5.35. The minimum Gasteiger partial charge on any atom is -0.338 e. The summed E-state index contributed by atoms with van der Waals surface area (Å²) < 4.78 is 5.35. The molecule has 0 aromatic carbocycles. The Labute approximate surface area is 113 Å². The average molecular weight is 270 g/mol. The van der Waals surface area contributed by atoms with Gasteiger partial charge in [-0.3, -0.25) is 0 Å². The van der Waals surface area contributed by atoms with Crippen molar-refractivity contribution in [2.45, 2.75) is 26.3 Å². The number of likely N-dealkylation sites (N-methyl/N-ethyl adjacent to an activating group) is 1. The third-order valence-electron chi connectivity index (χ3n) is 3.25. The van der Waals surface area contributed by atoms with E-state index in [1.54, 1.807) is 0 Å². The van der Waals surface area contributed by atoms with Gasteiger partial charge in [-0.1, -0.05) is 19.0 Å². The zero-order valence-electron chi connectivity index (χ0n) is 11.2. The van der Waals surface area contributed by atoms with Crippen molar-refractivity contribution in [3.8, 4) is 0 Å². The van der Waals surface area contributed by atoms with Crippen molar-refractivity contribution >= 4 is 11.8 Å². The van der Waals surface area contributed by atoms with Crippen LogP contribution in [0, 0.1) is 0 Å². The van der Waals surface area contributed by atoms with Gasteiger partial charge in [0.15, 0.2) is 5.82 Å². The van der Waals surface area contributed by atoms with E-state index in [0.717, 1.165) is 50.1 Å². The fourth-order valence-corrected chi connectivity index (χ4v) is 2.96. The lowest BCUT2D eigenvalue weighted by Crippen LogP contribution is -2.30. The Kier molecular flexibility index (Phi) is 5.46. The third-order valence-corrected chi connectivity index (χ3v) is 4.31. The smallest absolute Gasteiger partial charge is 0.244 e. The van der Waals surface area contributed by atoms with E-state index in [0.29, 0.717) is 0 Å². The van der Waals surface area contributed by atoms with Gasteiger partial charge in [0.05, 0.1) is 6.04 Å². The minimum atomic E-state index is 0.235. The molecule has 1 saturated heterocycles. The highest BCUT2D eigenvalue weighted by molar-refractivity contribution is 7.99. The van der Waals surface area contributed by atoms with E-state index in [1.807, 2.05) is 11.8 Å². The monoisotopic (exact) mass is 270 g/mol. The van der Waals surface area contributed by atoms with Gasteiger partial charge in [0, 0.05) is 31.0 Å². The van der Waals surface area contributed by atoms with Crippen LogP contribution in [0.2, 0.25) is 0 Å². The van der Waals surface area contributed by atoms with Gasteiger partial charge < -0.3 is 14.7 Å². The molecule has 2 rings (SSSR count). The zero-order chi connectivity index (χ0) is 12.8. The Bertz CT molecular complexity index is 348. The van der Waals surface area contributed by atoms with Crippen molar-refractivity contribution in [1.82, 2.24) is 20.4 Å². The van der Waals surface area contributed by atoms with Crippen LogP contribution in [0.3, 0.4) is 0 Å². The number of nitrogens with zero attached hydrogens (tertiary/aromatic N) is 3. The Morgan fingerprint density at radius 3 is 2.94 bits per heavy atom. The molecule has 0 amide bonds. The molecule has 0 saturated carbocycles. The first kappa shape index (κ1) is 13.8. The average Bonchev–Trinajstić information content (AvgIpc) is 2.90. The summed E-state index contributed by atoms with van der Waals surface area (Å²) >= 11 is 1.93. The minimum absolute atomic E-state index is 0.235. The second-order valence-electron chi connectivity index (χ2n) is 4.41. The van der Waals surface area contributed by atoms with Crippen molar-refractivity contribution in [2.24, 2.45) is 0 Å². The van der Waals surface area contributed by atoms with Crippen LogP contribution in [0.4, 0.5) is 0 Å². The summed E-state index contributed by atoms with van der Waals surface area (Å²) in [6, 6.07) is 0.235. The molecule has 6 heteroatoms. The maximum absolute atomic E-state index is 5.35. The summed E-state index contributed by atoms with van der Waals surface area (Å²) in [5.74, 6) is 3.77. The highest BCUT2D eigenvalue weighted by atomic mass is 32.2. The number of nitrogens with one attached hydrogen (secondary N) is 1. The first-order chi connectivity index (χ1) is 8.83. The third kappa shape index (κ3) is 3.70. The normalized spacial score (nSPS) is 20.5. The summed E-state index contributed by atoms with van der Waals surface area (Å²) in [5.41, 5.74) is 0. The molecule has 1 fully saturated rings. The van der Waals surface area contributed by atoms with Gasteiger partial charge >= 0.3 is 0 Å². The Morgan fingerprint density at radius 2 is 2.28 bits per heavy atom. The van der Waals surface area contributed by atoms with E-state index >= 15 is 0 Å². The summed E-state index contributed by atoms with van der Waals surface area (Å²) in [7, 11) is 0. The highest BCUT2D eigenvalue weighted by Crippen LogP contribution is 2.20. The van der Waals surface area contributed by atoms with Crippen LogP contribution in [-0.4, -0.2) is 52.7 Å². The first-order valence-corrected chi connectivity index (χ1v) is 7.85. The number of aromatic nitrogens is 2. The molecule has 18 heavy (non-hydrogen) atoms. The Balaban J connectivity index is 1.85. The van der Waals surface area contributed by atoms with Crippen molar-refractivity contribution in [2.75, 3.05) is 37.7 Å². The quantitative estimate of drug-likeness (QED) is 0.841. The first-order valence-electron chi connectivity index (χ1n) is 6.69. The van der Waals surface area contributed by atoms with Crippen LogP contribution >= 0.6 is 11.8 Å². The van der Waals surface area contributed by atoms with Gasteiger partial charge in [-0.15, -0.1) is 0 Å². The lowest BCUT2D eigenvalue weighted by atomic mass is 10.3. The second-order valence-corrected chi connectivity index (χ2v) is 5.56. The molecule has 1 aliphatic heterocycles. The predicted octanol–water partition coefficient (Wildman–Crippen LogP) is 1.33. The van der Waals surface area contributed by atoms with E-state index in [2.05, 4.69) is 34.2 Å². The van der Waals surface area contributed by atoms with Crippen LogP contribution < -0.4 is 5.32 Å². The summed E-state index contributed by atoms with van der Waals surface area (Å²) in [6.07, 6.45) is 0.866. The molecule has 1 aromatic rings. The van der Waals surface area contributed by atoms with Crippen LogP contribution in [0.25, 0.3) is 0 Å². The Hall–Kier alpha value is -0.590. The van der Waals surface area contributed by atoms with Crippen molar-refractivity contribution < 1.29 is 4.52 Å². The molecule has 1 atom stereocenters. The lowest BCUT2D eigenvalue weighted by molar-refractivity contribution is 0.301. The zero-order valence-corrected chi connectivity index (χ0v) is 12.0. The van der Waals surface area contributed by atoms with Gasteiger partial charge in [0.25, 0.3) is 0 Å². The molecule has 1 aromatic heterocycles. The topological polar surface area (TPSA) is 54.2 Å². The Morgan fingerprint density at radius 1 is 1.44 bits per heavy atom. The van der Waals surface area contributed by atoms with Crippen LogP contribution in [-0.2, 0) is 6.42 Å². The van der Waals surface area contributed by atoms with E-state index in [9.17, 15) is 0 Å². The van der Waals surface area contributed by atoms with E-state index in [1.165, 1.54) is 5.75 Å². The molecular formula is C12H22N4OS. The summed E-state index contributed by atoms with van der Waals surface area (Å²) in [6.45, 7) is 8.51. The number of thioether (sulfide) groups is 1. The van der Waals surface area contributed by atoms with Gasteiger partial charge in [0.1, 0.15) is 0 Å². The van der Waals surface area contributed by atoms with Gasteiger partial charge in [-0.2, -0.15) is 16.7 Å². The van der Waals surface area contributed by atoms with Crippen molar-refractivity contribution in [3.63, 3.8) is 0 Å². The van der Waals surface area contributed by atoms with Crippen molar-refractivity contribution in [3.05, 3.63) is 11.7 Å². The summed E-state index contributed by atoms with van der Waals surface area (Å²) in [4.78, 5) is 6.86. The fraction of sp³-hybridized carbons (Fsp3) is 0.833. The predicted molar refractivity (Wildman–Crippen MR) is 73.9 cm³/mol. The maximum Gasteiger partial charge on any atom is 0.244 e. The molecule has 0 aliphatic carbocycles. The molecule has 0 radical (unpaired) electrons. The van der Waals surface area contributed by atoms with Gasteiger partial charge in [-0.25, -0.2) is 0 Å². The van der Waals surface area contributed by atoms with Gasteiger partial charge in [-0.05, 0) is 13.1 Å². The lowest BCUT2D eigenvalue weighted by Gasteiger charge is -2.19. The SMILES string of the molecule is CCN(CC)CCc1noc(C2CSCCN2)n1. The number of hydrogen-bond donors (Lipinski definition) is 1. The highest BCUT2D eigenvalue weighted by Gasteiger charge is 2.21. The second kappa shape index (κ2) is 7.11. The molecule has 0 bridgehead atoms. The van der Waals surface area contributed by atoms with Crippen LogP contribution in [0.5, 0.6) is 0 Å². The standard InChI is InChI=1S/C12H22N4OS/c1-3-16(4-2)7-5-11-14-12(17-15-11)10-9-18-8-6-13-10/h10,13H,3-9H2,1-2H3. The van der Waals surface area contributed by atoms with E-state index < -0.39 is 0 Å². The number of rotatable bonds is 6. The van der Waals surface area contributed by atoms with E-state index in [4.69, 9.17) is 4.52 Å². The largest absolute Gasteiger partial charge is 0.338 e. The molecule has 5 nitrogen and oxygen atoms in total. The molecule has 2 heterocycles. The van der Waals surface area contributed by atoms with Gasteiger partial charge in [0.2, 0.25) is 5.89 Å². The van der Waals surface area contributed by atoms with Crippen LogP contribution in [0.1, 0.15) is 31.6 Å². The summed E-state index contributed by atoms with van der Waals surface area (Å²) in [5, 5.41) is 7.48. The molecular weight excluding hydrogens is 248 g/mol. The molecule has 1 aliphatic rings.